The standard InChI is InChI=1S/C30H25N5O5/c36-28(14-20-16-31-25-7-2-1-6-23(20)25)32-21-15-27-29(37)33-26-11-10-19(13-24(26)30(38)34(27)17-21)9-8-18-4-3-5-22(12-18)35(39)40/h1-13,16,21,27,31H,14-15,17H2,(H,32,36)(H,33,37). The van der Waals surface area contributed by atoms with Crippen molar-refractivity contribution >= 4 is 52.2 Å². The maximum absolute atomic E-state index is 13.6. The van der Waals surface area contributed by atoms with Gasteiger partial charge in [-0.25, -0.2) is 0 Å². The van der Waals surface area contributed by atoms with Crippen molar-refractivity contribution in [3.05, 3.63) is 105 Å². The molecule has 2 unspecified atom stereocenters. The lowest BCUT2D eigenvalue weighted by Gasteiger charge is -2.20. The minimum atomic E-state index is -0.692. The summed E-state index contributed by atoms with van der Waals surface area (Å²) in [5.41, 5.74) is 3.96. The fraction of sp³-hybridized carbons (Fsp3) is 0.167. The minimum absolute atomic E-state index is 0.00913. The summed E-state index contributed by atoms with van der Waals surface area (Å²) in [5.74, 6) is -0.757. The Labute approximate surface area is 228 Å². The summed E-state index contributed by atoms with van der Waals surface area (Å²) in [4.78, 5) is 54.7. The molecule has 2 atom stereocenters. The first-order chi connectivity index (χ1) is 19.4. The lowest BCUT2D eigenvalue weighted by atomic mass is 10.1. The molecule has 0 aliphatic carbocycles. The van der Waals surface area contributed by atoms with E-state index in [4.69, 9.17) is 0 Å². The van der Waals surface area contributed by atoms with Crippen LogP contribution in [0.3, 0.4) is 0 Å². The number of aromatic amines is 1. The van der Waals surface area contributed by atoms with Gasteiger partial charge in [0.05, 0.1) is 22.6 Å². The number of nitrogens with one attached hydrogen (secondary N) is 3. The van der Waals surface area contributed by atoms with Gasteiger partial charge in [0.2, 0.25) is 11.8 Å². The lowest BCUT2D eigenvalue weighted by molar-refractivity contribution is -0.384. The van der Waals surface area contributed by atoms with Gasteiger partial charge in [-0.15, -0.1) is 0 Å². The second-order valence-corrected chi connectivity index (χ2v) is 9.99. The van der Waals surface area contributed by atoms with E-state index in [0.29, 0.717) is 28.8 Å². The molecule has 10 nitrogen and oxygen atoms in total. The van der Waals surface area contributed by atoms with Crippen LogP contribution in [-0.4, -0.2) is 51.2 Å². The van der Waals surface area contributed by atoms with Crippen molar-refractivity contribution < 1.29 is 19.3 Å². The van der Waals surface area contributed by atoms with Crippen molar-refractivity contribution in [2.24, 2.45) is 0 Å². The van der Waals surface area contributed by atoms with Crippen LogP contribution in [0.1, 0.15) is 33.5 Å². The average Bonchev–Trinajstić information content (AvgIpc) is 3.54. The topological polar surface area (TPSA) is 137 Å². The zero-order valence-corrected chi connectivity index (χ0v) is 21.3. The summed E-state index contributed by atoms with van der Waals surface area (Å²) < 4.78 is 0. The molecule has 0 bridgehead atoms. The first-order valence-corrected chi connectivity index (χ1v) is 12.9. The highest BCUT2D eigenvalue weighted by molar-refractivity contribution is 6.10. The van der Waals surface area contributed by atoms with Crippen LogP contribution in [0.4, 0.5) is 11.4 Å². The third-order valence-corrected chi connectivity index (χ3v) is 7.34. The fourth-order valence-electron chi connectivity index (χ4n) is 5.40. The molecule has 3 aromatic carbocycles. The Hall–Kier alpha value is -5.25. The van der Waals surface area contributed by atoms with Gasteiger partial charge in [-0.3, -0.25) is 24.5 Å². The van der Waals surface area contributed by atoms with Gasteiger partial charge in [-0.2, -0.15) is 0 Å². The van der Waals surface area contributed by atoms with Gasteiger partial charge in [-0.05, 0) is 41.3 Å². The number of H-pyrrole nitrogens is 1. The molecule has 0 radical (unpaired) electrons. The van der Waals surface area contributed by atoms with E-state index >= 15 is 0 Å². The molecule has 2 aliphatic heterocycles. The molecule has 6 rings (SSSR count). The van der Waals surface area contributed by atoms with Crippen molar-refractivity contribution in [3.63, 3.8) is 0 Å². The second-order valence-electron chi connectivity index (χ2n) is 9.99. The van der Waals surface area contributed by atoms with Crippen molar-refractivity contribution in [3.8, 4) is 0 Å². The number of carbonyl (C=O) groups excluding carboxylic acids is 3. The van der Waals surface area contributed by atoms with Crippen molar-refractivity contribution in [2.75, 3.05) is 11.9 Å². The number of nitro benzene ring substituents is 1. The van der Waals surface area contributed by atoms with Gasteiger partial charge in [-0.1, -0.05) is 48.6 Å². The maximum atomic E-state index is 13.6. The molecule has 40 heavy (non-hydrogen) atoms. The Bertz CT molecular complexity index is 1710. The van der Waals surface area contributed by atoms with Gasteiger partial charge >= 0.3 is 0 Å². The molecule has 3 N–H and O–H groups in total. The van der Waals surface area contributed by atoms with Crippen molar-refractivity contribution in [1.29, 1.82) is 0 Å². The minimum Gasteiger partial charge on any atom is -0.361 e. The molecule has 4 aromatic rings. The van der Waals surface area contributed by atoms with Crippen LogP contribution in [0.2, 0.25) is 0 Å². The maximum Gasteiger partial charge on any atom is 0.270 e. The predicted octanol–water partition coefficient (Wildman–Crippen LogP) is 4.14. The van der Waals surface area contributed by atoms with Gasteiger partial charge in [0.1, 0.15) is 6.04 Å². The normalized spacial score (nSPS) is 18.4. The number of fused-ring (bicyclic) bond motifs is 3. The summed E-state index contributed by atoms with van der Waals surface area (Å²) in [6.07, 6.45) is 5.82. The number of amides is 3. The van der Waals surface area contributed by atoms with E-state index in [1.165, 1.54) is 17.0 Å². The Morgan fingerprint density at radius 3 is 2.67 bits per heavy atom. The summed E-state index contributed by atoms with van der Waals surface area (Å²) in [7, 11) is 0. The third kappa shape index (κ3) is 4.82. The quantitative estimate of drug-likeness (QED) is 0.194. The Kier molecular flexibility index (Phi) is 6.35. The predicted molar refractivity (Wildman–Crippen MR) is 150 cm³/mol. The zero-order valence-electron chi connectivity index (χ0n) is 21.3. The molecule has 10 heteroatoms. The van der Waals surface area contributed by atoms with E-state index in [2.05, 4.69) is 15.6 Å². The number of nitro groups is 1. The van der Waals surface area contributed by atoms with Gasteiger partial charge < -0.3 is 20.5 Å². The summed E-state index contributed by atoms with van der Waals surface area (Å²) in [5, 5.41) is 17.9. The first kappa shape index (κ1) is 25.1. The number of rotatable bonds is 6. The van der Waals surface area contributed by atoms with E-state index in [-0.39, 0.29) is 42.4 Å². The van der Waals surface area contributed by atoms with Crippen LogP contribution in [0, 0.1) is 10.1 Å². The fourth-order valence-corrected chi connectivity index (χ4v) is 5.40. The monoisotopic (exact) mass is 535 g/mol. The molecule has 0 saturated carbocycles. The lowest BCUT2D eigenvalue weighted by Crippen LogP contribution is -2.41. The number of carbonyl (C=O) groups is 3. The van der Waals surface area contributed by atoms with E-state index in [1.807, 2.05) is 30.5 Å². The number of nitrogens with zero attached hydrogens (tertiary/aromatic N) is 2. The van der Waals surface area contributed by atoms with Crippen LogP contribution in [0.15, 0.2) is 72.9 Å². The number of hydrogen-bond donors (Lipinski definition) is 3. The van der Waals surface area contributed by atoms with Crippen LogP contribution in [0.25, 0.3) is 23.1 Å². The van der Waals surface area contributed by atoms with Crippen LogP contribution in [0.5, 0.6) is 0 Å². The second kappa shape index (κ2) is 10.1. The molecule has 3 heterocycles. The van der Waals surface area contributed by atoms with E-state index in [1.54, 1.807) is 42.5 Å². The van der Waals surface area contributed by atoms with Crippen LogP contribution < -0.4 is 10.6 Å². The van der Waals surface area contributed by atoms with Crippen LogP contribution >= 0.6 is 0 Å². The third-order valence-electron chi connectivity index (χ3n) is 7.34. The Balaban J connectivity index is 1.17. The number of hydrogen-bond acceptors (Lipinski definition) is 5. The van der Waals surface area contributed by atoms with Gasteiger partial charge in [0.25, 0.3) is 11.6 Å². The summed E-state index contributed by atoms with van der Waals surface area (Å²) >= 11 is 0. The molecule has 1 aromatic heterocycles. The number of non-ortho nitro benzene ring substituents is 1. The SMILES string of the molecule is O=C(Cc1c[nH]c2ccccc12)NC1CC2C(=O)Nc3ccc(C=Cc4cccc([N+](=O)[O-])c4)cc3C(=O)N2C1. The van der Waals surface area contributed by atoms with E-state index in [9.17, 15) is 24.5 Å². The van der Waals surface area contributed by atoms with E-state index < -0.39 is 11.0 Å². The molecule has 3 amide bonds. The number of para-hydroxylation sites is 1. The Morgan fingerprint density at radius 1 is 1.05 bits per heavy atom. The molecule has 2 aliphatic rings. The molecular formula is C30H25N5O5. The molecule has 200 valence electrons. The van der Waals surface area contributed by atoms with Gasteiger partial charge in [0.15, 0.2) is 0 Å². The zero-order chi connectivity index (χ0) is 27.8. The number of aromatic nitrogens is 1. The first-order valence-electron chi connectivity index (χ1n) is 12.9. The smallest absolute Gasteiger partial charge is 0.270 e. The molecule has 1 saturated heterocycles. The molecule has 0 spiro atoms. The van der Waals surface area contributed by atoms with E-state index in [0.717, 1.165) is 16.5 Å². The largest absolute Gasteiger partial charge is 0.361 e. The van der Waals surface area contributed by atoms with Crippen molar-refractivity contribution in [1.82, 2.24) is 15.2 Å². The van der Waals surface area contributed by atoms with Gasteiger partial charge in [0, 0.05) is 41.8 Å². The highest BCUT2D eigenvalue weighted by atomic mass is 16.6. The number of benzene rings is 3. The highest BCUT2D eigenvalue weighted by Crippen LogP contribution is 2.30. The molecule has 1 fully saturated rings. The number of anilines is 1. The highest BCUT2D eigenvalue weighted by Gasteiger charge is 2.43. The average molecular weight is 536 g/mol. The van der Waals surface area contributed by atoms with Crippen molar-refractivity contribution in [2.45, 2.75) is 24.9 Å². The summed E-state index contributed by atoms with van der Waals surface area (Å²) in [6.45, 7) is 0.226. The Morgan fingerprint density at radius 2 is 1.85 bits per heavy atom. The van der Waals surface area contributed by atoms with Crippen LogP contribution in [-0.2, 0) is 16.0 Å². The molecular weight excluding hydrogens is 510 g/mol. The summed E-state index contributed by atoms with van der Waals surface area (Å²) in [6, 6.07) is 18.1.